The van der Waals surface area contributed by atoms with Crippen LogP contribution in [0.5, 0.6) is 5.75 Å². The molecule has 2 heterocycles. The highest BCUT2D eigenvalue weighted by atomic mass is 35.5. The van der Waals surface area contributed by atoms with Gasteiger partial charge in [0.1, 0.15) is 12.4 Å². The standard InChI is InChI=1S/C35H27ClN2O4S/c1-2-41-34(40)30-31(24-11-5-3-6-12-24)37-35-38(32(30)25-13-7-4-8-14-25)33(39)29(43-35)21-26-15-9-10-16-28(26)42-22-23-17-19-27(36)20-18-23/h3-21,32H,2,22H2,1H3/b29-21+/t32-/m0/s1. The van der Waals surface area contributed by atoms with Crippen LogP contribution in [0.4, 0.5) is 0 Å². The van der Waals surface area contributed by atoms with Crippen LogP contribution in [0.3, 0.4) is 0 Å². The molecule has 0 spiro atoms. The van der Waals surface area contributed by atoms with Gasteiger partial charge >= 0.3 is 5.97 Å². The molecule has 4 aromatic carbocycles. The van der Waals surface area contributed by atoms with Crippen LogP contribution in [-0.2, 0) is 16.1 Å². The maximum atomic E-state index is 14.1. The molecule has 214 valence electrons. The third-order valence-electron chi connectivity index (χ3n) is 7.00. The number of rotatable bonds is 8. The molecule has 0 unspecified atom stereocenters. The van der Waals surface area contributed by atoms with Crippen molar-refractivity contribution in [3.8, 4) is 5.75 Å². The lowest BCUT2D eigenvalue weighted by molar-refractivity contribution is -0.138. The van der Waals surface area contributed by atoms with Gasteiger partial charge in [-0.05, 0) is 42.3 Å². The van der Waals surface area contributed by atoms with Crippen LogP contribution in [0.2, 0.25) is 5.02 Å². The Kier molecular flexibility index (Phi) is 8.36. The predicted octanol–water partition coefficient (Wildman–Crippen LogP) is 6.17. The quantitative estimate of drug-likeness (QED) is 0.198. The first kappa shape index (κ1) is 28.4. The third kappa shape index (κ3) is 5.95. The van der Waals surface area contributed by atoms with Gasteiger partial charge in [0, 0.05) is 16.1 Å². The molecule has 0 bridgehead atoms. The minimum Gasteiger partial charge on any atom is -0.488 e. The lowest BCUT2D eigenvalue weighted by Crippen LogP contribution is -2.40. The maximum Gasteiger partial charge on any atom is 0.338 e. The van der Waals surface area contributed by atoms with Gasteiger partial charge in [-0.25, -0.2) is 9.79 Å². The van der Waals surface area contributed by atoms with E-state index in [2.05, 4.69) is 0 Å². The molecule has 0 saturated carbocycles. The molecule has 0 N–H and O–H groups in total. The van der Waals surface area contributed by atoms with Crippen molar-refractivity contribution in [3.63, 3.8) is 0 Å². The number of nitrogens with zero attached hydrogens (tertiary/aromatic N) is 2. The van der Waals surface area contributed by atoms with Gasteiger partial charge in [-0.3, -0.25) is 9.36 Å². The molecule has 0 fully saturated rings. The van der Waals surface area contributed by atoms with Crippen LogP contribution in [0.25, 0.3) is 11.8 Å². The second-order valence-corrected chi connectivity index (χ2v) is 11.2. The van der Waals surface area contributed by atoms with Crippen molar-refractivity contribution in [1.82, 2.24) is 4.57 Å². The van der Waals surface area contributed by atoms with Crippen molar-refractivity contribution in [3.05, 3.63) is 162 Å². The van der Waals surface area contributed by atoms with Crippen molar-refractivity contribution in [2.75, 3.05) is 6.61 Å². The van der Waals surface area contributed by atoms with Gasteiger partial charge in [0.15, 0.2) is 4.80 Å². The summed E-state index contributed by atoms with van der Waals surface area (Å²) in [7, 11) is 0. The molecule has 1 atom stereocenters. The van der Waals surface area contributed by atoms with Crippen LogP contribution < -0.4 is 19.6 Å². The number of aromatic nitrogens is 1. The number of hydrogen-bond acceptors (Lipinski definition) is 6. The lowest BCUT2D eigenvalue weighted by Gasteiger charge is -2.25. The van der Waals surface area contributed by atoms with Gasteiger partial charge in [0.25, 0.3) is 5.56 Å². The SMILES string of the molecule is CCOC(=O)C1=C(c2ccccc2)N=c2s/c(=C/c3ccccc3OCc3ccc(Cl)cc3)c(=O)n2[C@H]1c1ccccc1. The van der Waals surface area contributed by atoms with E-state index >= 15 is 0 Å². The summed E-state index contributed by atoms with van der Waals surface area (Å²) in [4.78, 5) is 33.1. The summed E-state index contributed by atoms with van der Waals surface area (Å²) in [5.41, 5.74) is 3.85. The highest BCUT2D eigenvalue weighted by Gasteiger charge is 2.35. The van der Waals surface area contributed by atoms with E-state index in [-0.39, 0.29) is 12.2 Å². The maximum absolute atomic E-state index is 14.1. The van der Waals surface area contributed by atoms with Gasteiger partial charge in [0.05, 0.1) is 28.5 Å². The Balaban J connectivity index is 1.51. The number of fused-ring (bicyclic) bond motifs is 1. The van der Waals surface area contributed by atoms with E-state index in [9.17, 15) is 9.59 Å². The number of carbonyl (C=O) groups is 1. The van der Waals surface area contributed by atoms with E-state index in [4.69, 9.17) is 26.1 Å². The molecule has 0 radical (unpaired) electrons. The third-order valence-corrected chi connectivity index (χ3v) is 8.24. The Morgan fingerprint density at radius 2 is 1.60 bits per heavy atom. The average Bonchev–Trinajstić information content (AvgIpc) is 3.35. The average molecular weight is 607 g/mol. The summed E-state index contributed by atoms with van der Waals surface area (Å²) in [5.74, 6) is 0.134. The van der Waals surface area contributed by atoms with Crippen LogP contribution in [-0.4, -0.2) is 17.1 Å². The number of para-hydroxylation sites is 1. The Morgan fingerprint density at radius 3 is 2.33 bits per heavy atom. The molecule has 5 aromatic rings. The molecular formula is C35H27ClN2O4S. The number of hydrogen-bond donors (Lipinski definition) is 0. The zero-order valence-electron chi connectivity index (χ0n) is 23.3. The molecule has 1 aliphatic rings. The van der Waals surface area contributed by atoms with E-state index in [1.165, 1.54) is 11.3 Å². The van der Waals surface area contributed by atoms with Gasteiger partial charge < -0.3 is 9.47 Å². The van der Waals surface area contributed by atoms with Crippen LogP contribution >= 0.6 is 22.9 Å². The normalized spacial score (nSPS) is 14.7. The molecule has 8 heteroatoms. The monoisotopic (exact) mass is 606 g/mol. The first-order valence-electron chi connectivity index (χ1n) is 13.8. The number of esters is 1. The van der Waals surface area contributed by atoms with Crippen LogP contribution in [0.1, 0.15) is 35.2 Å². The summed E-state index contributed by atoms with van der Waals surface area (Å²) in [6.07, 6.45) is 1.82. The van der Waals surface area contributed by atoms with Crippen molar-refractivity contribution >= 4 is 40.7 Å². The fraction of sp³-hybridized carbons (Fsp3) is 0.114. The van der Waals surface area contributed by atoms with Crippen molar-refractivity contribution in [2.45, 2.75) is 19.6 Å². The molecule has 0 amide bonds. The first-order valence-corrected chi connectivity index (χ1v) is 15.0. The van der Waals surface area contributed by atoms with Gasteiger partial charge in [0.2, 0.25) is 0 Å². The summed E-state index contributed by atoms with van der Waals surface area (Å²) < 4.78 is 13.7. The van der Waals surface area contributed by atoms with Crippen LogP contribution in [0.15, 0.2) is 125 Å². The van der Waals surface area contributed by atoms with E-state index < -0.39 is 12.0 Å². The molecule has 1 aliphatic heterocycles. The molecule has 0 saturated heterocycles. The van der Waals surface area contributed by atoms with E-state index in [1.54, 1.807) is 11.5 Å². The van der Waals surface area contributed by atoms with Gasteiger partial charge in [-0.2, -0.15) is 0 Å². The van der Waals surface area contributed by atoms with E-state index in [0.717, 1.165) is 22.3 Å². The van der Waals surface area contributed by atoms with Gasteiger partial charge in [-0.1, -0.05) is 114 Å². The fourth-order valence-corrected chi connectivity index (χ4v) is 6.12. The zero-order chi connectivity index (χ0) is 29.8. The fourth-order valence-electron chi connectivity index (χ4n) is 5.01. The topological polar surface area (TPSA) is 69.9 Å². The van der Waals surface area contributed by atoms with Gasteiger partial charge in [-0.15, -0.1) is 0 Å². The minimum atomic E-state index is -0.717. The smallest absolute Gasteiger partial charge is 0.338 e. The number of thiazole rings is 1. The zero-order valence-corrected chi connectivity index (χ0v) is 24.8. The summed E-state index contributed by atoms with van der Waals surface area (Å²) in [5, 5.41) is 0.662. The summed E-state index contributed by atoms with van der Waals surface area (Å²) >= 11 is 7.30. The number of carbonyl (C=O) groups excluding carboxylic acids is 1. The van der Waals surface area contributed by atoms with Crippen molar-refractivity contribution in [2.24, 2.45) is 4.99 Å². The molecule has 6 nitrogen and oxygen atoms in total. The number of ether oxygens (including phenoxy) is 2. The molecule has 43 heavy (non-hydrogen) atoms. The van der Waals surface area contributed by atoms with Crippen molar-refractivity contribution < 1.29 is 14.3 Å². The Bertz CT molecular complexity index is 1980. The highest BCUT2D eigenvalue weighted by Crippen LogP contribution is 2.35. The van der Waals surface area contributed by atoms with Crippen molar-refractivity contribution in [1.29, 1.82) is 0 Å². The summed E-state index contributed by atoms with van der Waals surface area (Å²) in [6.45, 7) is 2.31. The Morgan fingerprint density at radius 1 is 0.930 bits per heavy atom. The molecule has 0 aliphatic carbocycles. The second kappa shape index (κ2) is 12.7. The largest absolute Gasteiger partial charge is 0.488 e. The Labute approximate surface area is 257 Å². The predicted molar refractivity (Wildman–Crippen MR) is 170 cm³/mol. The van der Waals surface area contributed by atoms with E-state index in [1.807, 2.05) is 115 Å². The summed E-state index contributed by atoms with van der Waals surface area (Å²) in [6, 6.07) is 33.4. The second-order valence-electron chi connectivity index (χ2n) is 9.80. The molecular weight excluding hydrogens is 580 g/mol. The minimum absolute atomic E-state index is 0.198. The molecule has 1 aromatic heterocycles. The lowest BCUT2D eigenvalue weighted by atomic mass is 9.93. The number of halogens is 1. The Hall–Kier alpha value is -4.72. The van der Waals surface area contributed by atoms with E-state index in [0.29, 0.717) is 38.0 Å². The first-order chi connectivity index (χ1) is 21.0. The number of benzene rings is 4. The molecule has 6 rings (SSSR count). The van der Waals surface area contributed by atoms with Crippen LogP contribution in [0, 0.1) is 0 Å². The highest BCUT2D eigenvalue weighted by molar-refractivity contribution is 7.07.